The van der Waals surface area contributed by atoms with E-state index in [2.05, 4.69) is 5.32 Å². The average molecular weight is 334 g/mol. The summed E-state index contributed by atoms with van der Waals surface area (Å²) in [6, 6.07) is 2.05. The zero-order valence-corrected chi connectivity index (χ0v) is 13.4. The molecule has 0 aliphatic rings. The quantitative estimate of drug-likeness (QED) is 0.730. The topological polar surface area (TPSA) is 104 Å². The van der Waals surface area contributed by atoms with Crippen LogP contribution in [0.3, 0.4) is 0 Å². The van der Waals surface area contributed by atoms with Crippen LogP contribution < -0.4 is 5.32 Å². The number of carbonyl (C=O) groups excluding carboxylic acids is 1. The lowest BCUT2D eigenvalue weighted by molar-refractivity contribution is -0.142. The van der Waals surface area contributed by atoms with E-state index in [1.807, 2.05) is 0 Å². The Balaban J connectivity index is 2.68. The number of hydrogen-bond donors (Lipinski definition) is 2. The molecule has 1 amide bonds. The number of carboxylic acids is 1. The maximum Gasteiger partial charge on any atom is 0.326 e. The molecule has 1 aromatic rings. The lowest BCUT2D eigenvalue weighted by Gasteiger charge is -2.18. The molecule has 1 atom stereocenters. The number of nitrogens with one attached hydrogen (secondary N) is 1. The summed E-state index contributed by atoms with van der Waals surface area (Å²) in [6.07, 6.45) is 0.892. The van der Waals surface area contributed by atoms with E-state index in [0.717, 1.165) is 15.6 Å². The van der Waals surface area contributed by atoms with E-state index >= 15 is 0 Å². The Bertz CT molecular complexity index is 583. The molecule has 0 aliphatic heterocycles. The van der Waals surface area contributed by atoms with Gasteiger partial charge in [0.05, 0.1) is 6.54 Å². The minimum Gasteiger partial charge on any atom is -0.480 e. The van der Waals surface area contributed by atoms with E-state index in [-0.39, 0.29) is 4.21 Å². The highest BCUT2D eigenvalue weighted by atomic mass is 32.2. The smallest absolute Gasteiger partial charge is 0.326 e. The summed E-state index contributed by atoms with van der Waals surface area (Å²) in [5.74, 6) is -1.77. The van der Waals surface area contributed by atoms with Crippen LogP contribution in [0.2, 0.25) is 0 Å². The van der Waals surface area contributed by atoms with E-state index in [0.29, 0.717) is 12.8 Å². The first-order valence-electron chi connectivity index (χ1n) is 6.31. The second kappa shape index (κ2) is 7.53. The molecule has 1 aromatic heterocycles. The molecule has 7 nitrogen and oxygen atoms in total. The van der Waals surface area contributed by atoms with Crippen LogP contribution in [0.5, 0.6) is 0 Å². The molecule has 0 saturated heterocycles. The highest BCUT2D eigenvalue weighted by Gasteiger charge is 2.25. The fraction of sp³-hybridized carbons (Fsp3) is 0.500. The highest BCUT2D eigenvalue weighted by Crippen LogP contribution is 2.19. The number of carboxylic acid groups (broad SMARTS) is 1. The molecule has 0 unspecified atom stereocenters. The lowest BCUT2D eigenvalue weighted by Crippen LogP contribution is -2.45. The summed E-state index contributed by atoms with van der Waals surface area (Å²) in [4.78, 5) is 22.7. The molecule has 0 aliphatic carbocycles. The molecule has 0 bridgehead atoms. The molecule has 1 heterocycles. The first-order valence-corrected chi connectivity index (χ1v) is 8.63. The molecule has 0 aromatic carbocycles. The molecule has 0 saturated carbocycles. The van der Waals surface area contributed by atoms with Gasteiger partial charge in [-0.25, -0.2) is 13.2 Å². The Morgan fingerprint density at radius 2 is 2.14 bits per heavy atom. The molecular formula is C12H18N2O5S2. The van der Waals surface area contributed by atoms with Crippen molar-refractivity contribution in [2.75, 3.05) is 13.6 Å². The van der Waals surface area contributed by atoms with Crippen molar-refractivity contribution in [3.05, 3.63) is 17.5 Å². The number of carbonyl (C=O) groups is 2. The van der Waals surface area contributed by atoms with Crippen molar-refractivity contribution in [2.45, 2.75) is 30.0 Å². The minimum atomic E-state index is -3.72. The maximum absolute atomic E-state index is 12.1. The van der Waals surface area contributed by atoms with Crippen LogP contribution in [0.1, 0.15) is 19.8 Å². The van der Waals surface area contributed by atoms with Crippen LogP contribution in [0.25, 0.3) is 0 Å². The summed E-state index contributed by atoms with van der Waals surface area (Å²) in [5, 5.41) is 12.9. The predicted octanol–water partition coefficient (Wildman–Crippen LogP) is 0.738. The van der Waals surface area contributed by atoms with Gasteiger partial charge in [-0.15, -0.1) is 11.3 Å². The normalized spacial score (nSPS) is 13.1. The van der Waals surface area contributed by atoms with Crippen molar-refractivity contribution in [1.29, 1.82) is 0 Å². The highest BCUT2D eigenvalue weighted by molar-refractivity contribution is 7.91. The van der Waals surface area contributed by atoms with Crippen molar-refractivity contribution in [2.24, 2.45) is 0 Å². The second-order valence-corrected chi connectivity index (χ2v) is 7.66. The largest absolute Gasteiger partial charge is 0.480 e. The monoisotopic (exact) mass is 334 g/mol. The molecular weight excluding hydrogens is 316 g/mol. The number of rotatable bonds is 8. The van der Waals surface area contributed by atoms with Gasteiger partial charge in [0.15, 0.2) is 0 Å². The zero-order valence-electron chi connectivity index (χ0n) is 11.8. The number of amides is 1. The van der Waals surface area contributed by atoms with Crippen LogP contribution in [-0.2, 0) is 19.6 Å². The van der Waals surface area contributed by atoms with Crippen LogP contribution in [0, 0.1) is 0 Å². The summed E-state index contributed by atoms with van der Waals surface area (Å²) in [5.41, 5.74) is 0. The van der Waals surface area contributed by atoms with Gasteiger partial charge in [-0.1, -0.05) is 19.4 Å². The van der Waals surface area contributed by atoms with Gasteiger partial charge in [0, 0.05) is 7.05 Å². The van der Waals surface area contributed by atoms with Gasteiger partial charge in [-0.3, -0.25) is 4.79 Å². The van der Waals surface area contributed by atoms with E-state index in [9.17, 15) is 18.0 Å². The summed E-state index contributed by atoms with van der Waals surface area (Å²) in [7, 11) is -2.43. The Morgan fingerprint density at radius 1 is 1.48 bits per heavy atom. The number of likely N-dealkylation sites (N-methyl/N-ethyl adjacent to an activating group) is 1. The van der Waals surface area contributed by atoms with Gasteiger partial charge < -0.3 is 10.4 Å². The molecule has 118 valence electrons. The van der Waals surface area contributed by atoms with Gasteiger partial charge in [0.2, 0.25) is 5.91 Å². The van der Waals surface area contributed by atoms with E-state index in [1.54, 1.807) is 18.4 Å². The van der Waals surface area contributed by atoms with E-state index < -0.39 is 34.5 Å². The fourth-order valence-corrected chi connectivity index (χ4v) is 3.97. The van der Waals surface area contributed by atoms with Gasteiger partial charge in [-0.2, -0.15) is 4.31 Å². The standard InChI is InChI=1S/C12H18N2O5S2/c1-3-5-9(12(16)17)13-10(15)8-14(2)21(18,19)11-6-4-7-20-11/h4,6-7,9H,3,5,8H2,1-2H3,(H,13,15)(H,16,17)/t9-/m0/s1. The van der Waals surface area contributed by atoms with Crippen LogP contribution in [0.4, 0.5) is 0 Å². The lowest BCUT2D eigenvalue weighted by atomic mass is 10.2. The van der Waals surface area contributed by atoms with Gasteiger partial charge in [-0.05, 0) is 17.9 Å². The second-order valence-electron chi connectivity index (χ2n) is 4.44. The van der Waals surface area contributed by atoms with Gasteiger partial charge in [0.25, 0.3) is 10.0 Å². The first kappa shape index (κ1) is 17.6. The Kier molecular flexibility index (Phi) is 6.31. The molecule has 9 heteroatoms. The van der Waals surface area contributed by atoms with E-state index in [1.165, 1.54) is 13.1 Å². The SMILES string of the molecule is CCC[C@H](NC(=O)CN(C)S(=O)(=O)c1cccs1)C(=O)O. The first-order chi connectivity index (χ1) is 9.78. The van der Waals surface area contributed by atoms with Crippen molar-refractivity contribution in [1.82, 2.24) is 9.62 Å². The summed E-state index contributed by atoms with van der Waals surface area (Å²) < 4.78 is 25.3. The zero-order chi connectivity index (χ0) is 16.0. The third-order valence-corrected chi connectivity index (χ3v) is 5.91. The van der Waals surface area contributed by atoms with Crippen molar-refractivity contribution in [3.8, 4) is 0 Å². The molecule has 2 N–H and O–H groups in total. The van der Waals surface area contributed by atoms with Crippen molar-refractivity contribution in [3.63, 3.8) is 0 Å². The Hall–Kier alpha value is -1.45. The average Bonchev–Trinajstić information content (AvgIpc) is 2.92. The van der Waals surface area contributed by atoms with Crippen LogP contribution >= 0.6 is 11.3 Å². The number of nitrogens with zero attached hydrogens (tertiary/aromatic N) is 1. The molecule has 1 rings (SSSR count). The van der Waals surface area contributed by atoms with Gasteiger partial charge >= 0.3 is 5.97 Å². The predicted molar refractivity (Wildman–Crippen MR) is 78.6 cm³/mol. The van der Waals surface area contributed by atoms with Crippen molar-refractivity contribution < 1.29 is 23.1 Å². The molecule has 21 heavy (non-hydrogen) atoms. The maximum atomic E-state index is 12.1. The fourth-order valence-electron chi connectivity index (χ4n) is 1.64. The molecule has 0 fully saturated rings. The third-order valence-electron chi connectivity index (χ3n) is 2.74. The Morgan fingerprint density at radius 3 is 2.62 bits per heavy atom. The van der Waals surface area contributed by atoms with Crippen LogP contribution in [-0.4, -0.2) is 49.3 Å². The van der Waals surface area contributed by atoms with E-state index in [4.69, 9.17) is 5.11 Å². The number of sulfonamides is 1. The third kappa shape index (κ3) is 4.80. The molecule has 0 radical (unpaired) electrons. The summed E-state index contributed by atoms with van der Waals surface area (Å²) >= 11 is 1.06. The van der Waals surface area contributed by atoms with Crippen LogP contribution in [0.15, 0.2) is 21.7 Å². The van der Waals surface area contributed by atoms with Crippen molar-refractivity contribution >= 4 is 33.2 Å². The Labute approximate surface area is 127 Å². The number of aliphatic carboxylic acids is 1. The number of thiophene rings is 1. The summed E-state index contributed by atoms with van der Waals surface area (Å²) in [6.45, 7) is 1.38. The minimum absolute atomic E-state index is 0.140. The number of hydrogen-bond acceptors (Lipinski definition) is 5. The molecule has 0 spiro atoms. The van der Waals surface area contributed by atoms with Gasteiger partial charge in [0.1, 0.15) is 10.3 Å².